The van der Waals surface area contributed by atoms with Gasteiger partial charge >= 0.3 is 0 Å². The lowest BCUT2D eigenvalue weighted by Crippen LogP contribution is -2.45. The first kappa shape index (κ1) is 15.0. The molecule has 1 fully saturated rings. The topological polar surface area (TPSA) is 35.6 Å². The lowest BCUT2D eigenvalue weighted by atomic mass is 10.0. The normalized spacial score (nSPS) is 17.1. The van der Waals surface area contributed by atoms with E-state index >= 15 is 0 Å². The highest BCUT2D eigenvalue weighted by molar-refractivity contribution is 5.77. The summed E-state index contributed by atoms with van der Waals surface area (Å²) in [6.45, 7) is 3.50. The van der Waals surface area contributed by atoms with E-state index in [2.05, 4.69) is 34.5 Å². The van der Waals surface area contributed by atoms with E-state index in [0.717, 1.165) is 32.5 Å². The molecular formula is C16H25N3O. The maximum absolute atomic E-state index is 11.7. The summed E-state index contributed by atoms with van der Waals surface area (Å²) in [7, 11) is 3.63. The van der Waals surface area contributed by atoms with Gasteiger partial charge in [0, 0.05) is 39.8 Å². The fraction of sp³-hybridized carbons (Fsp3) is 0.562. The summed E-state index contributed by atoms with van der Waals surface area (Å²) in [5, 5.41) is 3.61. The Morgan fingerprint density at radius 2 is 1.90 bits per heavy atom. The summed E-state index contributed by atoms with van der Waals surface area (Å²) >= 11 is 0. The van der Waals surface area contributed by atoms with Crippen molar-refractivity contribution in [3.63, 3.8) is 0 Å². The lowest BCUT2D eigenvalue weighted by Gasteiger charge is -2.32. The predicted molar refractivity (Wildman–Crippen MR) is 81.4 cm³/mol. The second-order valence-electron chi connectivity index (χ2n) is 5.71. The molecule has 0 aliphatic carbocycles. The minimum atomic E-state index is 0.195. The third-order valence-electron chi connectivity index (χ3n) is 3.88. The molecule has 0 spiro atoms. The van der Waals surface area contributed by atoms with E-state index in [1.54, 1.807) is 4.90 Å². The second kappa shape index (κ2) is 7.41. The highest BCUT2D eigenvalue weighted by atomic mass is 16.2. The number of carbonyl (C=O) groups excluding carboxylic acids is 1. The first-order valence-electron chi connectivity index (χ1n) is 7.35. The fourth-order valence-corrected chi connectivity index (χ4v) is 2.49. The van der Waals surface area contributed by atoms with Crippen LogP contribution in [0.1, 0.15) is 18.4 Å². The van der Waals surface area contributed by atoms with Crippen molar-refractivity contribution < 1.29 is 4.79 Å². The highest BCUT2D eigenvalue weighted by Crippen LogP contribution is 2.11. The third-order valence-corrected chi connectivity index (χ3v) is 3.88. The Morgan fingerprint density at radius 1 is 1.25 bits per heavy atom. The van der Waals surface area contributed by atoms with Gasteiger partial charge in [0.25, 0.3) is 0 Å². The average molecular weight is 275 g/mol. The Kier molecular flexibility index (Phi) is 5.56. The molecule has 1 amide bonds. The summed E-state index contributed by atoms with van der Waals surface area (Å²) in [6, 6.07) is 11.1. The number of piperidine rings is 1. The first-order chi connectivity index (χ1) is 9.65. The number of likely N-dealkylation sites (N-methyl/N-ethyl adjacent to an activating group) is 1. The number of nitrogens with zero attached hydrogens (tertiary/aromatic N) is 2. The molecule has 110 valence electrons. The van der Waals surface area contributed by atoms with Crippen LogP contribution >= 0.6 is 0 Å². The van der Waals surface area contributed by atoms with Crippen LogP contribution in [0, 0.1) is 0 Å². The van der Waals surface area contributed by atoms with Gasteiger partial charge in [0.2, 0.25) is 5.91 Å². The van der Waals surface area contributed by atoms with Gasteiger partial charge in [0.15, 0.2) is 0 Å². The number of carbonyl (C=O) groups is 1. The molecular weight excluding hydrogens is 250 g/mol. The maximum Gasteiger partial charge on any atom is 0.236 e. The molecule has 1 aromatic carbocycles. The van der Waals surface area contributed by atoms with Crippen molar-refractivity contribution >= 4 is 5.91 Å². The number of amides is 1. The molecule has 0 unspecified atom stereocenters. The van der Waals surface area contributed by atoms with Crippen LogP contribution in [0.3, 0.4) is 0 Å². The van der Waals surface area contributed by atoms with Crippen LogP contribution in [0.4, 0.5) is 0 Å². The van der Waals surface area contributed by atoms with Crippen molar-refractivity contribution in [3.8, 4) is 0 Å². The SMILES string of the molecule is CN(C)C(=O)CN1CCC(NCc2ccccc2)CC1. The van der Waals surface area contributed by atoms with Crippen molar-refractivity contribution in [1.82, 2.24) is 15.1 Å². The molecule has 0 radical (unpaired) electrons. The zero-order valence-electron chi connectivity index (χ0n) is 12.5. The largest absolute Gasteiger partial charge is 0.348 e. The van der Waals surface area contributed by atoms with Crippen LogP contribution in [0.2, 0.25) is 0 Å². The molecule has 1 heterocycles. The molecule has 1 N–H and O–H groups in total. The van der Waals surface area contributed by atoms with Crippen molar-refractivity contribution in [1.29, 1.82) is 0 Å². The Morgan fingerprint density at radius 3 is 2.50 bits per heavy atom. The Bertz CT molecular complexity index is 411. The summed E-state index contributed by atoms with van der Waals surface area (Å²) in [6.07, 6.45) is 2.24. The van der Waals surface area contributed by atoms with Crippen LogP contribution in [0.5, 0.6) is 0 Å². The van der Waals surface area contributed by atoms with E-state index in [0.29, 0.717) is 12.6 Å². The van der Waals surface area contributed by atoms with Gasteiger partial charge in [0.1, 0.15) is 0 Å². The van der Waals surface area contributed by atoms with E-state index in [9.17, 15) is 4.79 Å². The van der Waals surface area contributed by atoms with Crippen LogP contribution in [0.15, 0.2) is 30.3 Å². The van der Waals surface area contributed by atoms with Crippen LogP contribution < -0.4 is 5.32 Å². The van der Waals surface area contributed by atoms with Crippen molar-refractivity contribution in [3.05, 3.63) is 35.9 Å². The molecule has 4 nitrogen and oxygen atoms in total. The smallest absolute Gasteiger partial charge is 0.236 e. The standard InChI is InChI=1S/C16H25N3O/c1-18(2)16(20)13-19-10-8-15(9-11-19)17-12-14-6-4-3-5-7-14/h3-7,15,17H,8-13H2,1-2H3. The molecule has 1 aliphatic rings. The van der Waals surface area contributed by atoms with E-state index in [-0.39, 0.29) is 5.91 Å². The van der Waals surface area contributed by atoms with Gasteiger partial charge in [-0.3, -0.25) is 9.69 Å². The Balaban J connectivity index is 1.68. The zero-order valence-corrected chi connectivity index (χ0v) is 12.5. The first-order valence-corrected chi connectivity index (χ1v) is 7.35. The van der Waals surface area contributed by atoms with Gasteiger partial charge in [-0.1, -0.05) is 30.3 Å². The van der Waals surface area contributed by atoms with E-state index in [1.807, 2.05) is 20.2 Å². The molecule has 0 saturated carbocycles. The number of benzene rings is 1. The number of rotatable bonds is 5. The molecule has 4 heteroatoms. The summed E-state index contributed by atoms with van der Waals surface area (Å²) in [5.41, 5.74) is 1.33. The maximum atomic E-state index is 11.7. The molecule has 1 saturated heterocycles. The van der Waals surface area contributed by atoms with Gasteiger partial charge in [-0.05, 0) is 18.4 Å². The van der Waals surface area contributed by atoms with E-state index < -0.39 is 0 Å². The van der Waals surface area contributed by atoms with Crippen molar-refractivity contribution in [2.24, 2.45) is 0 Å². The summed E-state index contributed by atoms with van der Waals surface area (Å²) in [5.74, 6) is 0.195. The summed E-state index contributed by atoms with van der Waals surface area (Å²) in [4.78, 5) is 15.6. The molecule has 2 rings (SSSR count). The predicted octanol–water partition coefficient (Wildman–Crippen LogP) is 1.33. The average Bonchev–Trinajstić information content (AvgIpc) is 2.47. The monoisotopic (exact) mass is 275 g/mol. The fourth-order valence-electron chi connectivity index (χ4n) is 2.49. The number of likely N-dealkylation sites (tertiary alicyclic amines) is 1. The van der Waals surface area contributed by atoms with Gasteiger partial charge in [-0.25, -0.2) is 0 Å². The number of hydrogen-bond donors (Lipinski definition) is 1. The molecule has 1 aliphatic heterocycles. The van der Waals surface area contributed by atoms with Gasteiger partial charge < -0.3 is 10.2 Å². The lowest BCUT2D eigenvalue weighted by molar-refractivity contribution is -0.130. The molecule has 20 heavy (non-hydrogen) atoms. The molecule has 0 aromatic heterocycles. The minimum absolute atomic E-state index is 0.195. The Labute approximate surface area is 121 Å². The second-order valence-corrected chi connectivity index (χ2v) is 5.71. The quantitative estimate of drug-likeness (QED) is 0.880. The van der Waals surface area contributed by atoms with Crippen molar-refractivity contribution in [2.45, 2.75) is 25.4 Å². The van der Waals surface area contributed by atoms with Crippen LogP contribution in [-0.4, -0.2) is 55.5 Å². The van der Waals surface area contributed by atoms with Gasteiger partial charge in [-0.15, -0.1) is 0 Å². The highest BCUT2D eigenvalue weighted by Gasteiger charge is 2.20. The number of hydrogen-bond acceptors (Lipinski definition) is 3. The van der Waals surface area contributed by atoms with Crippen molar-refractivity contribution in [2.75, 3.05) is 33.7 Å². The summed E-state index contributed by atoms with van der Waals surface area (Å²) < 4.78 is 0. The third kappa shape index (κ3) is 4.62. The Hall–Kier alpha value is -1.39. The molecule has 0 bridgehead atoms. The van der Waals surface area contributed by atoms with Crippen LogP contribution in [-0.2, 0) is 11.3 Å². The van der Waals surface area contributed by atoms with Crippen LogP contribution in [0.25, 0.3) is 0 Å². The van der Waals surface area contributed by atoms with Gasteiger partial charge in [-0.2, -0.15) is 0 Å². The zero-order chi connectivity index (χ0) is 14.4. The number of nitrogens with one attached hydrogen (secondary N) is 1. The minimum Gasteiger partial charge on any atom is -0.348 e. The van der Waals surface area contributed by atoms with Gasteiger partial charge in [0.05, 0.1) is 6.54 Å². The van der Waals surface area contributed by atoms with E-state index in [1.165, 1.54) is 5.56 Å². The molecule has 0 atom stereocenters. The van der Waals surface area contributed by atoms with E-state index in [4.69, 9.17) is 0 Å². The molecule has 1 aromatic rings.